The zero-order chi connectivity index (χ0) is 15.2. The fourth-order valence-corrected chi connectivity index (χ4v) is 2.17. The Kier molecular flexibility index (Phi) is 4.82. The molecule has 1 atom stereocenters. The van der Waals surface area contributed by atoms with E-state index in [9.17, 15) is 14.0 Å². The van der Waals surface area contributed by atoms with E-state index in [4.69, 9.17) is 0 Å². The number of amides is 1. The summed E-state index contributed by atoms with van der Waals surface area (Å²) in [6.45, 7) is 1.35. The second-order valence-corrected chi connectivity index (χ2v) is 4.77. The van der Waals surface area contributed by atoms with Gasteiger partial charge in [0.1, 0.15) is 5.82 Å². The Labute approximate surface area is 122 Å². The maximum Gasteiger partial charge on any atom is 0.217 e. The van der Waals surface area contributed by atoms with Crippen LogP contribution in [0.2, 0.25) is 0 Å². The molecule has 0 aliphatic carbocycles. The van der Waals surface area contributed by atoms with Crippen LogP contribution in [0.4, 0.5) is 4.39 Å². The van der Waals surface area contributed by atoms with Crippen molar-refractivity contribution in [3.05, 3.63) is 71.5 Å². The fraction of sp³-hybridized carbons (Fsp3) is 0.176. The first-order valence-electron chi connectivity index (χ1n) is 6.67. The Morgan fingerprint density at radius 2 is 1.67 bits per heavy atom. The van der Waals surface area contributed by atoms with E-state index >= 15 is 0 Å². The lowest BCUT2D eigenvalue weighted by molar-refractivity contribution is -0.119. The van der Waals surface area contributed by atoms with E-state index in [0.717, 1.165) is 0 Å². The lowest BCUT2D eigenvalue weighted by Crippen LogP contribution is -2.28. The number of carbonyl (C=O) groups is 2. The Morgan fingerprint density at radius 1 is 1.05 bits per heavy atom. The maximum absolute atomic E-state index is 13.9. The number of benzene rings is 2. The molecule has 0 heterocycles. The normalized spacial score (nSPS) is 11.7. The average Bonchev–Trinajstić information content (AvgIpc) is 2.47. The van der Waals surface area contributed by atoms with Crippen LogP contribution >= 0.6 is 0 Å². The summed E-state index contributed by atoms with van der Waals surface area (Å²) in [5.74, 6) is -0.876. The van der Waals surface area contributed by atoms with Gasteiger partial charge in [-0.05, 0) is 6.07 Å². The predicted octanol–water partition coefficient (Wildman–Crippen LogP) is 3.28. The molecule has 3 nitrogen and oxygen atoms in total. The van der Waals surface area contributed by atoms with Gasteiger partial charge in [-0.1, -0.05) is 48.5 Å². The molecule has 0 aliphatic heterocycles. The highest BCUT2D eigenvalue weighted by molar-refractivity contribution is 5.96. The average molecular weight is 285 g/mol. The van der Waals surface area contributed by atoms with Crippen molar-refractivity contribution in [2.45, 2.75) is 19.4 Å². The molecule has 2 aromatic carbocycles. The van der Waals surface area contributed by atoms with Crippen molar-refractivity contribution in [2.75, 3.05) is 0 Å². The monoisotopic (exact) mass is 285 g/mol. The van der Waals surface area contributed by atoms with Crippen LogP contribution in [-0.4, -0.2) is 11.7 Å². The van der Waals surface area contributed by atoms with Crippen LogP contribution < -0.4 is 5.32 Å². The third kappa shape index (κ3) is 3.99. The summed E-state index contributed by atoms with van der Waals surface area (Å²) in [7, 11) is 0. The second-order valence-electron chi connectivity index (χ2n) is 4.77. The van der Waals surface area contributed by atoms with Gasteiger partial charge in [-0.3, -0.25) is 9.59 Å². The first-order valence-corrected chi connectivity index (χ1v) is 6.67. The summed E-state index contributed by atoms with van der Waals surface area (Å²) in [5.41, 5.74) is 0.862. The first-order chi connectivity index (χ1) is 10.1. The van der Waals surface area contributed by atoms with Crippen molar-refractivity contribution in [1.82, 2.24) is 5.32 Å². The maximum atomic E-state index is 13.9. The minimum atomic E-state index is -0.670. The van der Waals surface area contributed by atoms with Gasteiger partial charge in [0.25, 0.3) is 0 Å². The van der Waals surface area contributed by atoms with E-state index in [-0.39, 0.29) is 18.1 Å². The van der Waals surface area contributed by atoms with Crippen LogP contribution in [0.25, 0.3) is 0 Å². The molecular weight excluding hydrogens is 269 g/mol. The van der Waals surface area contributed by atoms with Crippen LogP contribution in [-0.2, 0) is 4.79 Å². The molecule has 0 aromatic heterocycles. The number of Topliss-reactive ketones (excluding diaryl/α,β-unsaturated/α-hetero) is 1. The molecule has 1 N–H and O–H groups in total. The summed E-state index contributed by atoms with van der Waals surface area (Å²) < 4.78 is 13.9. The third-order valence-electron chi connectivity index (χ3n) is 3.14. The molecule has 4 heteroatoms. The number of ketones is 1. The quantitative estimate of drug-likeness (QED) is 0.857. The summed E-state index contributed by atoms with van der Waals surface area (Å²) >= 11 is 0. The van der Waals surface area contributed by atoms with E-state index in [1.807, 2.05) is 6.07 Å². The molecular formula is C17H16FNO2. The smallest absolute Gasteiger partial charge is 0.217 e. The van der Waals surface area contributed by atoms with Crippen molar-refractivity contribution in [1.29, 1.82) is 0 Å². The zero-order valence-corrected chi connectivity index (χ0v) is 11.7. The van der Waals surface area contributed by atoms with Gasteiger partial charge in [-0.2, -0.15) is 0 Å². The molecule has 0 fully saturated rings. The summed E-state index contributed by atoms with van der Waals surface area (Å²) in [5, 5.41) is 2.64. The van der Waals surface area contributed by atoms with Gasteiger partial charge in [-0.25, -0.2) is 4.39 Å². The van der Waals surface area contributed by atoms with Crippen molar-refractivity contribution < 1.29 is 14.0 Å². The molecule has 0 saturated heterocycles. The minimum Gasteiger partial charge on any atom is -0.349 e. The van der Waals surface area contributed by atoms with Gasteiger partial charge in [-0.15, -0.1) is 0 Å². The molecule has 2 rings (SSSR count). The SMILES string of the molecule is CC(=O)NC(CC(=O)c1ccccc1)c1ccccc1F. The van der Waals surface area contributed by atoms with Gasteiger partial charge >= 0.3 is 0 Å². The van der Waals surface area contributed by atoms with Crippen molar-refractivity contribution in [2.24, 2.45) is 0 Å². The third-order valence-corrected chi connectivity index (χ3v) is 3.14. The topological polar surface area (TPSA) is 46.2 Å². The van der Waals surface area contributed by atoms with Gasteiger partial charge in [0.2, 0.25) is 5.91 Å². The van der Waals surface area contributed by atoms with E-state index < -0.39 is 11.9 Å². The van der Waals surface area contributed by atoms with Crippen LogP contribution in [0.15, 0.2) is 54.6 Å². The van der Waals surface area contributed by atoms with Gasteiger partial charge in [0.05, 0.1) is 6.04 Å². The highest BCUT2D eigenvalue weighted by atomic mass is 19.1. The number of carbonyl (C=O) groups excluding carboxylic acids is 2. The van der Waals surface area contributed by atoms with Crippen molar-refractivity contribution in [3.63, 3.8) is 0 Å². The second kappa shape index (κ2) is 6.79. The molecule has 0 saturated carbocycles. The molecule has 0 aliphatic rings. The predicted molar refractivity (Wildman–Crippen MR) is 78.3 cm³/mol. The lowest BCUT2D eigenvalue weighted by atomic mass is 9.97. The Balaban J connectivity index is 2.23. The lowest BCUT2D eigenvalue weighted by Gasteiger charge is -2.18. The molecule has 21 heavy (non-hydrogen) atoms. The largest absolute Gasteiger partial charge is 0.349 e. The first kappa shape index (κ1) is 14.9. The van der Waals surface area contributed by atoms with E-state index in [2.05, 4.69) is 5.32 Å². The minimum absolute atomic E-state index is 0.0184. The van der Waals surface area contributed by atoms with Crippen LogP contribution in [0, 0.1) is 5.82 Å². The molecule has 2 aromatic rings. The van der Waals surface area contributed by atoms with Crippen LogP contribution in [0.5, 0.6) is 0 Å². The zero-order valence-electron chi connectivity index (χ0n) is 11.7. The van der Waals surface area contributed by atoms with Crippen molar-refractivity contribution in [3.8, 4) is 0 Å². The van der Waals surface area contributed by atoms with Gasteiger partial charge in [0, 0.05) is 24.5 Å². The van der Waals surface area contributed by atoms with E-state index in [1.54, 1.807) is 42.5 Å². The van der Waals surface area contributed by atoms with Gasteiger partial charge in [0.15, 0.2) is 5.78 Å². The van der Waals surface area contributed by atoms with Crippen molar-refractivity contribution >= 4 is 11.7 Å². The standard InChI is InChI=1S/C17H16FNO2/c1-12(20)19-16(14-9-5-6-10-15(14)18)11-17(21)13-7-3-2-4-8-13/h2-10,16H,11H2,1H3,(H,19,20). The van der Waals surface area contributed by atoms with Crippen LogP contribution in [0.1, 0.15) is 35.3 Å². The highest BCUT2D eigenvalue weighted by Crippen LogP contribution is 2.22. The molecule has 1 unspecified atom stereocenters. The number of rotatable bonds is 5. The van der Waals surface area contributed by atoms with Crippen LogP contribution in [0.3, 0.4) is 0 Å². The van der Waals surface area contributed by atoms with Gasteiger partial charge < -0.3 is 5.32 Å². The Bertz CT molecular complexity index is 640. The fourth-order valence-electron chi connectivity index (χ4n) is 2.17. The molecule has 0 spiro atoms. The van der Waals surface area contributed by atoms with E-state index in [0.29, 0.717) is 11.1 Å². The molecule has 1 amide bonds. The van der Waals surface area contributed by atoms with E-state index in [1.165, 1.54) is 13.0 Å². The molecule has 108 valence electrons. The summed E-state index contributed by atoms with van der Waals surface area (Å²) in [4.78, 5) is 23.6. The summed E-state index contributed by atoms with van der Waals surface area (Å²) in [6.07, 6.45) is 0.0184. The highest BCUT2D eigenvalue weighted by Gasteiger charge is 2.20. The molecule has 0 radical (unpaired) electrons. The molecule has 0 bridgehead atoms. The number of nitrogens with one attached hydrogen (secondary N) is 1. The number of hydrogen-bond acceptors (Lipinski definition) is 2. The Hall–Kier alpha value is -2.49. The Morgan fingerprint density at radius 3 is 2.29 bits per heavy atom. The number of halogens is 1. The number of hydrogen-bond donors (Lipinski definition) is 1. The summed E-state index contributed by atoms with van der Waals surface area (Å²) in [6, 6.07) is 14.2.